The van der Waals surface area contributed by atoms with E-state index in [9.17, 15) is 5.11 Å². The van der Waals surface area contributed by atoms with Crippen molar-refractivity contribution in [3.05, 3.63) is 22.7 Å². The lowest BCUT2D eigenvalue weighted by atomic mass is 10.0. The van der Waals surface area contributed by atoms with Gasteiger partial charge in [0.1, 0.15) is 0 Å². The summed E-state index contributed by atoms with van der Waals surface area (Å²) in [6.45, 7) is 4.89. The Morgan fingerprint density at radius 3 is 2.53 bits per heavy atom. The minimum atomic E-state index is -0.694. The van der Waals surface area contributed by atoms with Gasteiger partial charge in [-0.25, -0.2) is 0 Å². The number of benzene rings is 1. The van der Waals surface area contributed by atoms with Gasteiger partial charge in [-0.1, -0.05) is 18.5 Å². The monoisotopic (exact) mass is 287 g/mol. The van der Waals surface area contributed by atoms with Gasteiger partial charge in [-0.2, -0.15) is 0 Å². The van der Waals surface area contributed by atoms with E-state index in [1.54, 1.807) is 14.2 Å². The molecule has 0 aliphatic rings. The van der Waals surface area contributed by atoms with Crippen molar-refractivity contribution in [2.75, 3.05) is 20.8 Å². The first-order valence-electron chi connectivity index (χ1n) is 6.27. The Hall–Kier alpha value is -0.970. The van der Waals surface area contributed by atoms with E-state index < -0.39 is 5.60 Å². The van der Waals surface area contributed by atoms with Crippen LogP contribution in [0.1, 0.15) is 25.8 Å². The molecule has 0 heterocycles. The molecule has 0 bridgehead atoms. The topological polar surface area (TPSA) is 50.7 Å². The maximum atomic E-state index is 9.91. The summed E-state index contributed by atoms with van der Waals surface area (Å²) < 4.78 is 10.4. The van der Waals surface area contributed by atoms with Gasteiger partial charge in [0.25, 0.3) is 0 Å². The van der Waals surface area contributed by atoms with Gasteiger partial charge in [-0.3, -0.25) is 0 Å². The zero-order chi connectivity index (χ0) is 14.5. The molecule has 1 rings (SSSR count). The normalized spacial score (nSPS) is 14.0. The van der Waals surface area contributed by atoms with Crippen molar-refractivity contribution in [3.8, 4) is 11.5 Å². The van der Waals surface area contributed by atoms with Crippen LogP contribution in [0.3, 0.4) is 0 Å². The average Bonchev–Trinajstić information content (AvgIpc) is 2.37. The first kappa shape index (κ1) is 16.1. The molecule has 0 aromatic heterocycles. The third-order valence-corrected chi connectivity index (χ3v) is 3.37. The molecule has 0 aliphatic carbocycles. The molecule has 1 unspecified atom stereocenters. The second-order valence-electron chi connectivity index (χ2n) is 4.77. The van der Waals surface area contributed by atoms with E-state index in [4.69, 9.17) is 21.1 Å². The Labute approximate surface area is 119 Å². The number of hydrogen-bond donors (Lipinski definition) is 2. The molecule has 0 saturated heterocycles. The van der Waals surface area contributed by atoms with E-state index >= 15 is 0 Å². The van der Waals surface area contributed by atoms with Gasteiger partial charge in [0.15, 0.2) is 11.5 Å². The third-order valence-electron chi connectivity index (χ3n) is 3.09. The van der Waals surface area contributed by atoms with Crippen LogP contribution >= 0.6 is 11.6 Å². The zero-order valence-electron chi connectivity index (χ0n) is 11.9. The Balaban J connectivity index is 2.72. The van der Waals surface area contributed by atoms with Crippen molar-refractivity contribution >= 4 is 11.6 Å². The summed E-state index contributed by atoms with van der Waals surface area (Å²) in [5.74, 6) is 1.14. The summed E-state index contributed by atoms with van der Waals surface area (Å²) in [6.07, 6.45) is 0.701. The summed E-state index contributed by atoms with van der Waals surface area (Å²) in [4.78, 5) is 0. The largest absolute Gasteiger partial charge is 0.493 e. The molecular formula is C14H22ClNO3. The molecule has 1 aromatic carbocycles. The van der Waals surface area contributed by atoms with Gasteiger partial charge >= 0.3 is 0 Å². The highest BCUT2D eigenvalue weighted by Crippen LogP contribution is 2.35. The van der Waals surface area contributed by atoms with Gasteiger partial charge in [0, 0.05) is 13.1 Å². The van der Waals surface area contributed by atoms with E-state index in [1.165, 1.54) is 0 Å². The number of rotatable bonds is 7. The fraction of sp³-hybridized carbons (Fsp3) is 0.571. The lowest BCUT2D eigenvalue weighted by Gasteiger charge is -2.22. The first-order chi connectivity index (χ1) is 8.93. The number of aliphatic hydroxyl groups is 1. The fourth-order valence-electron chi connectivity index (χ4n) is 1.67. The van der Waals surface area contributed by atoms with Crippen LogP contribution in [0.4, 0.5) is 0 Å². The molecule has 0 radical (unpaired) electrons. The number of ether oxygens (including phenoxy) is 2. The molecule has 0 saturated carbocycles. The van der Waals surface area contributed by atoms with Gasteiger partial charge in [0.05, 0.1) is 24.8 Å². The highest BCUT2D eigenvalue weighted by molar-refractivity contribution is 6.32. The second-order valence-corrected chi connectivity index (χ2v) is 5.17. The van der Waals surface area contributed by atoms with Crippen molar-refractivity contribution in [3.63, 3.8) is 0 Å². The number of halogens is 1. The summed E-state index contributed by atoms with van der Waals surface area (Å²) in [5, 5.41) is 13.6. The van der Waals surface area contributed by atoms with Crippen molar-refractivity contribution in [2.24, 2.45) is 0 Å². The molecule has 0 amide bonds. The van der Waals surface area contributed by atoms with Crippen LogP contribution in [0.2, 0.25) is 5.02 Å². The Morgan fingerprint density at radius 1 is 1.32 bits per heavy atom. The van der Waals surface area contributed by atoms with E-state index in [0.717, 1.165) is 5.56 Å². The first-order valence-corrected chi connectivity index (χ1v) is 6.64. The van der Waals surface area contributed by atoms with E-state index in [1.807, 2.05) is 26.0 Å². The van der Waals surface area contributed by atoms with Gasteiger partial charge in [-0.15, -0.1) is 0 Å². The van der Waals surface area contributed by atoms with Crippen LogP contribution in [0.5, 0.6) is 11.5 Å². The van der Waals surface area contributed by atoms with Crippen molar-refractivity contribution < 1.29 is 14.6 Å². The Bertz CT molecular complexity index is 421. The maximum Gasteiger partial charge on any atom is 0.179 e. The molecule has 0 spiro atoms. The van der Waals surface area contributed by atoms with Crippen LogP contribution in [0.15, 0.2) is 12.1 Å². The predicted octanol–water partition coefficient (Wildman–Crippen LogP) is 2.61. The van der Waals surface area contributed by atoms with E-state index in [0.29, 0.717) is 36.0 Å². The quantitative estimate of drug-likeness (QED) is 0.809. The van der Waals surface area contributed by atoms with Crippen LogP contribution < -0.4 is 14.8 Å². The SMILES string of the molecule is CCC(C)(O)CNCc1cc(Cl)c(OC)c(OC)c1. The van der Waals surface area contributed by atoms with Crippen LogP contribution in [-0.4, -0.2) is 31.5 Å². The lowest BCUT2D eigenvalue weighted by Crippen LogP contribution is -2.36. The third kappa shape index (κ3) is 4.56. The minimum absolute atomic E-state index is 0.515. The minimum Gasteiger partial charge on any atom is -0.493 e. The molecule has 5 heteroatoms. The van der Waals surface area contributed by atoms with Crippen LogP contribution in [0, 0.1) is 0 Å². The van der Waals surface area contributed by atoms with Crippen LogP contribution in [0.25, 0.3) is 0 Å². The fourth-order valence-corrected chi connectivity index (χ4v) is 1.98. The summed E-state index contributed by atoms with van der Waals surface area (Å²) in [7, 11) is 3.13. The smallest absolute Gasteiger partial charge is 0.179 e. The van der Waals surface area contributed by atoms with E-state index in [-0.39, 0.29) is 0 Å². The lowest BCUT2D eigenvalue weighted by molar-refractivity contribution is 0.0555. The standard InChI is InChI=1S/C14H22ClNO3/c1-5-14(2,17)9-16-8-10-6-11(15)13(19-4)12(7-10)18-3/h6-7,16-17H,5,8-9H2,1-4H3. The Morgan fingerprint density at radius 2 is 2.00 bits per heavy atom. The highest BCUT2D eigenvalue weighted by Gasteiger charge is 2.17. The van der Waals surface area contributed by atoms with Crippen molar-refractivity contribution in [1.29, 1.82) is 0 Å². The molecule has 19 heavy (non-hydrogen) atoms. The molecular weight excluding hydrogens is 266 g/mol. The number of hydrogen-bond acceptors (Lipinski definition) is 4. The van der Waals surface area contributed by atoms with Crippen LogP contribution in [-0.2, 0) is 6.54 Å². The summed E-state index contributed by atoms with van der Waals surface area (Å²) in [5.41, 5.74) is 0.287. The number of nitrogens with one attached hydrogen (secondary N) is 1. The second kappa shape index (κ2) is 6.98. The average molecular weight is 288 g/mol. The van der Waals surface area contributed by atoms with Crippen molar-refractivity contribution in [1.82, 2.24) is 5.32 Å². The summed E-state index contributed by atoms with van der Waals surface area (Å²) in [6, 6.07) is 3.70. The summed E-state index contributed by atoms with van der Waals surface area (Å²) >= 11 is 6.13. The molecule has 0 fully saturated rings. The molecule has 2 N–H and O–H groups in total. The number of methoxy groups -OCH3 is 2. The molecule has 0 aliphatic heterocycles. The molecule has 1 atom stereocenters. The molecule has 4 nitrogen and oxygen atoms in total. The van der Waals surface area contributed by atoms with Gasteiger partial charge < -0.3 is 19.9 Å². The molecule has 1 aromatic rings. The maximum absolute atomic E-state index is 9.91. The highest BCUT2D eigenvalue weighted by atomic mass is 35.5. The van der Waals surface area contributed by atoms with Gasteiger partial charge in [0.2, 0.25) is 0 Å². The zero-order valence-corrected chi connectivity index (χ0v) is 12.7. The Kier molecular flexibility index (Phi) is 5.91. The molecule has 108 valence electrons. The van der Waals surface area contributed by atoms with E-state index in [2.05, 4.69) is 5.32 Å². The predicted molar refractivity (Wildman–Crippen MR) is 77.2 cm³/mol. The van der Waals surface area contributed by atoms with Crippen molar-refractivity contribution in [2.45, 2.75) is 32.4 Å². The van der Waals surface area contributed by atoms with Gasteiger partial charge in [-0.05, 0) is 31.0 Å².